The molecule has 2 heterocycles. The molecular formula is C18H10ClF5N2O2S. The van der Waals surface area contributed by atoms with Crippen LogP contribution in [-0.4, -0.2) is 15.3 Å². The Balaban J connectivity index is 2.27. The molecule has 0 unspecified atom stereocenters. The fourth-order valence-corrected chi connectivity index (χ4v) is 4.74. The van der Waals surface area contributed by atoms with Gasteiger partial charge in [0.2, 0.25) is 0 Å². The quantitative estimate of drug-likeness (QED) is 0.429. The summed E-state index contributed by atoms with van der Waals surface area (Å²) in [7, 11) is 0. The van der Waals surface area contributed by atoms with Crippen LogP contribution in [-0.2, 0) is 12.7 Å². The van der Waals surface area contributed by atoms with Crippen molar-refractivity contribution in [3.05, 3.63) is 61.3 Å². The van der Waals surface area contributed by atoms with Crippen LogP contribution in [0.4, 0.5) is 22.0 Å². The summed E-state index contributed by atoms with van der Waals surface area (Å²) >= 11 is 6.68. The maximum Gasteiger partial charge on any atom is 0.417 e. The predicted octanol–water partition coefficient (Wildman–Crippen LogP) is 4.80. The number of rotatable bonds is 1. The lowest BCUT2D eigenvalue weighted by atomic mass is 9.96. The summed E-state index contributed by atoms with van der Waals surface area (Å²) in [5.41, 5.74) is -4.16. The molecule has 0 atom stereocenters. The molecule has 4 rings (SSSR count). The van der Waals surface area contributed by atoms with Gasteiger partial charge in [-0.15, -0.1) is 11.8 Å². The summed E-state index contributed by atoms with van der Waals surface area (Å²) < 4.78 is 71.0. The number of aromatic nitrogens is 2. The molecule has 152 valence electrons. The number of benzene rings is 2. The summed E-state index contributed by atoms with van der Waals surface area (Å²) in [5.74, 6) is -2.03. The molecule has 3 aromatic rings. The first kappa shape index (κ1) is 20.0. The molecule has 0 saturated carbocycles. The molecule has 0 bridgehead atoms. The van der Waals surface area contributed by atoms with E-state index in [9.17, 15) is 31.5 Å². The van der Waals surface area contributed by atoms with Crippen molar-refractivity contribution in [3.8, 4) is 11.1 Å². The van der Waals surface area contributed by atoms with Crippen molar-refractivity contribution in [2.45, 2.75) is 24.0 Å². The highest BCUT2D eigenvalue weighted by Gasteiger charge is 2.38. The molecule has 29 heavy (non-hydrogen) atoms. The maximum absolute atomic E-state index is 14.6. The van der Waals surface area contributed by atoms with Crippen LogP contribution in [0.2, 0.25) is 5.02 Å². The third-order valence-electron chi connectivity index (χ3n) is 4.59. The van der Waals surface area contributed by atoms with Crippen LogP contribution in [0.5, 0.6) is 0 Å². The Morgan fingerprint density at radius 1 is 1.10 bits per heavy atom. The van der Waals surface area contributed by atoms with Gasteiger partial charge in [0, 0.05) is 28.6 Å². The van der Waals surface area contributed by atoms with Crippen LogP contribution in [0, 0.1) is 11.6 Å². The van der Waals surface area contributed by atoms with Crippen LogP contribution in [0.3, 0.4) is 0 Å². The van der Waals surface area contributed by atoms with E-state index in [1.807, 2.05) is 4.98 Å². The molecule has 0 saturated heterocycles. The molecule has 2 aromatic carbocycles. The standard InChI is InChI=1S/C18H10ClF5N2O2S/c19-10-5-7(11(20)6-12(10)21)13-9(18(22,23)24)4-8-14-15(13)29-3-1-2-26(14)17(28)25-16(8)27/h4-6H,1-3H2,(H,25,27,28). The van der Waals surface area contributed by atoms with Crippen molar-refractivity contribution in [1.29, 1.82) is 0 Å². The number of hydrogen-bond acceptors (Lipinski definition) is 3. The van der Waals surface area contributed by atoms with Crippen LogP contribution < -0.4 is 11.2 Å². The molecule has 0 radical (unpaired) electrons. The van der Waals surface area contributed by atoms with Gasteiger partial charge >= 0.3 is 11.9 Å². The molecule has 0 amide bonds. The van der Waals surface area contributed by atoms with Crippen LogP contribution >= 0.6 is 23.4 Å². The molecule has 4 nitrogen and oxygen atoms in total. The normalized spacial score (nSPS) is 14.3. The Kier molecular flexibility index (Phi) is 4.73. The van der Waals surface area contributed by atoms with E-state index in [-0.39, 0.29) is 22.3 Å². The van der Waals surface area contributed by atoms with Gasteiger partial charge in [-0.2, -0.15) is 13.2 Å². The first-order chi connectivity index (χ1) is 13.6. The summed E-state index contributed by atoms with van der Waals surface area (Å²) in [6.45, 7) is 0.170. The van der Waals surface area contributed by atoms with E-state index in [4.69, 9.17) is 11.6 Å². The molecule has 1 aliphatic rings. The van der Waals surface area contributed by atoms with Gasteiger partial charge in [-0.05, 0) is 24.3 Å². The minimum Gasteiger partial charge on any atom is -0.292 e. The monoisotopic (exact) mass is 448 g/mol. The Bertz CT molecular complexity index is 1280. The lowest BCUT2D eigenvalue weighted by molar-refractivity contribution is -0.137. The third-order valence-corrected chi connectivity index (χ3v) is 6.06. The molecule has 0 spiro atoms. The van der Waals surface area contributed by atoms with Crippen molar-refractivity contribution in [3.63, 3.8) is 0 Å². The second kappa shape index (κ2) is 6.88. The molecule has 11 heteroatoms. The SMILES string of the molecule is O=c1[nH]c(=O)n2c3c(c(-c4cc(Cl)c(F)cc4F)c(C(F)(F)F)cc13)SCCC2. The molecule has 0 fully saturated rings. The summed E-state index contributed by atoms with van der Waals surface area (Å²) in [5, 5.41) is -0.887. The number of aromatic amines is 1. The maximum atomic E-state index is 14.6. The number of nitrogens with one attached hydrogen (secondary N) is 1. The first-order valence-electron chi connectivity index (χ1n) is 8.28. The number of aryl methyl sites for hydroxylation is 1. The highest BCUT2D eigenvalue weighted by atomic mass is 35.5. The van der Waals surface area contributed by atoms with Gasteiger partial charge in [-0.1, -0.05) is 11.6 Å². The van der Waals surface area contributed by atoms with Crippen LogP contribution in [0.15, 0.2) is 32.7 Å². The fraction of sp³-hybridized carbons (Fsp3) is 0.222. The number of alkyl halides is 3. The fourth-order valence-electron chi connectivity index (χ4n) is 3.38. The average Bonchev–Trinajstić information content (AvgIpc) is 2.85. The van der Waals surface area contributed by atoms with Crippen molar-refractivity contribution in [2.24, 2.45) is 0 Å². The highest BCUT2D eigenvalue weighted by molar-refractivity contribution is 7.99. The smallest absolute Gasteiger partial charge is 0.292 e. The van der Waals surface area contributed by atoms with E-state index in [0.29, 0.717) is 24.3 Å². The topological polar surface area (TPSA) is 54.9 Å². The van der Waals surface area contributed by atoms with Gasteiger partial charge in [-0.25, -0.2) is 13.6 Å². The highest BCUT2D eigenvalue weighted by Crippen LogP contribution is 2.47. The summed E-state index contributed by atoms with van der Waals surface area (Å²) in [6, 6.07) is 1.77. The summed E-state index contributed by atoms with van der Waals surface area (Å²) in [6.07, 6.45) is -4.51. The second-order valence-corrected chi connectivity index (χ2v) is 7.89. The van der Waals surface area contributed by atoms with Gasteiger partial charge in [0.05, 0.1) is 21.5 Å². The lowest BCUT2D eigenvalue weighted by Gasteiger charge is -2.20. The lowest BCUT2D eigenvalue weighted by Crippen LogP contribution is -2.30. The Hall–Kier alpha value is -2.33. The Morgan fingerprint density at radius 2 is 1.83 bits per heavy atom. The van der Waals surface area contributed by atoms with Gasteiger partial charge < -0.3 is 0 Å². The third kappa shape index (κ3) is 3.24. The zero-order chi connectivity index (χ0) is 21.1. The Morgan fingerprint density at radius 3 is 2.52 bits per heavy atom. The predicted molar refractivity (Wildman–Crippen MR) is 99.5 cm³/mol. The second-order valence-electron chi connectivity index (χ2n) is 6.38. The number of halogens is 6. The van der Waals surface area contributed by atoms with E-state index in [1.54, 1.807) is 0 Å². The number of H-pyrrole nitrogens is 1. The number of nitrogens with zero attached hydrogens (tertiary/aromatic N) is 1. The van der Waals surface area contributed by atoms with E-state index in [0.717, 1.165) is 17.8 Å². The molecule has 0 aliphatic carbocycles. The largest absolute Gasteiger partial charge is 0.417 e. The minimum atomic E-state index is -4.95. The van der Waals surface area contributed by atoms with E-state index >= 15 is 0 Å². The molecule has 1 aromatic heterocycles. The summed E-state index contributed by atoms with van der Waals surface area (Å²) in [4.78, 5) is 26.5. The molecule has 1 N–H and O–H groups in total. The van der Waals surface area contributed by atoms with Crippen molar-refractivity contribution < 1.29 is 22.0 Å². The van der Waals surface area contributed by atoms with Crippen molar-refractivity contribution in [1.82, 2.24) is 9.55 Å². The van der Waals surface area contributed by atoms with Gasteiger partial charge in [-0.3, -0.25) is 14.3 Å². The molecular weight excluding hydrogens is 439 g/mol. The van der Waals surface area contributed by atoms with Crippen molar-refractivity contribution >= 4 is 34.3 Å². The Labute approximate surface area is 168 Å². The average molecular weight is 449 g/mol. The van der Waals surface area contributed by atoms with Gasteiger partial charge in [0.25, 0.3) is 5.56 Å². The molecule has 1 aliphatic heterocycles. The van der Waals surface area contributed by atoms with E-state index in [1.165, 1.54) is 4.57 Å². The first-order valence-corrected chi connectivity index (χ1v) is 9.64. The van der Waals surface area contributed by atoms with Crippen LogP contribution in [0.1, 0.15) is 12.0 Å². The van der Waals surface area contributed by atoms with Crippen molar-refractivity contribution in [2.75, 3.05) is 5.75 Å². The van der Waals surface area contributed by atoms with Crippen LogP contribution in [0.25, 0.3) is 22.0 Å². The number of thioether (sulfide) groups is 1. The van der Waals surface area contributed by atoms with E-state index < -0.39 is 50.8 Å². The number of hydrogen-bond donors (Lipinski definition) is 1. The zero-order valence-electron chi connectivity index (χ0n) is 14.3. The van der Waals surface area contributed by atoms with Gasteiger partial charge in [0.15, 0.2) is 0 Å². The van der Waals surface area contributed by atoms with E-state index in [2.05, 4.69) is 0 Å². The van der Waals surface area contributed by atoms with Gasteiger partial charge in [0.1, 0.15) is 11.6 Å². The zero-order valence-corrected chi connectivity index (χ0v) is 15.9. The minimum absolute atomic E-state index is 0.0101.